The predicted octanol–water partition coefficient (Wildman–Crippen LogP) is 2.39. The number of benzene rings is 2. The Bertz CT molecular complexity index is 638. The molecule has 0 heterocycles. The van der Waals surface area contributed by atoms with Crippen LogP contribution in [0, 0.1) is 6.92 Å². The summed E-state index contributed by atoms with van der Waals surface area (Å²) < 4.78 is 5.24. The van der Waals surface area contributed by atoms with Crippen molar-refractivity contribution in [3.63, 3.8) is 0 Å². The standard InChI is InChI=1S/C17H20N2O2/c1-12-7-8-13(9-16(12)21-2)17(20)19-11-15-6-4-3-5-14(15)10-18/h3-9H,10-11,18H2,1-2H3,(H,19,20). The molecule has 0 spiro atoms. The molecule has 2 aromatic carbocycles. The molecule has 2 aromatic rings. The Morgan fingerprint density at radius 2 is 1.90 bits per heavy atom. The van der Waals surface area contributed by atoms with E-state index in [1.54, 1.807) is 19.2 Å². The maximum atomic E-state index is 12.2. The van der Waals surface area contributed by atoms with E-state index in [4.69, 9.17) is 10.5 Å². The van der Waals surface area contributed by atoms with Crippen LogP contribution in [0.3, 0.4) is 0 Å². The number of nitrogens with one attached hydrogen (secondary N) is 1. The van der Waals surface area contributed by atoms with Crippen molar-refractivity contribution in [2.24, 2.45) is 5.73 Å². The molecule has 0 unspecified atom stereocenters. The third-order valence-corrected chi connectivity index (χ3v) is 3.45. The van der Waals surface area contributed by atoms with Gasteiger partial charge in [-0.15, -0.1) is 0 Å². The molecule has 0 fully saturated rings. The van der Waals surface area contributed by atoms with Crippen molar-refractivity contribution in [3.8, 4) is 5.75 Å². The van der Waals surface area contributed by atoms with Gasteiger partial charge >= 0.3 is 0 Å². The fraction of sp³-hybridized carbons (Fsp3) is 0.235. The zero-order chi connectivity index (χ0) is 15.2. The largest absolute Gasteiger partial charge is 0.496 e. The van der Waals surface area contributed by atoms with Crippen LogP contribution in [-0.2, 0) is 13.1 Å². The van der Waals surface area contributed by atoms with Gasteiger partial charge in [-0.1, -0.05) is 30.3 Å². The van der Waals surface area contributed by atoms with Crippen molar-refractivity contribution < 1.29 is 9.53 Å². The number of nitrogens with two attached hydrogens (primary N) is 1. The van der Waals surface area contributed by atoms with Gasteiger partial charge in [-0.25, -0.2) is 0 Å². The van der Waals surface area contributed by atoms with E-state index < -0.39 is 0 Å². The summed E-state index contributed by atoms with van der Waals surface area (Å²) in [5.74, 6) is 0.588. The highest BCUT2D eigenvalue weighted by atomic mass is 16.5. The van der Waals surface area contributed by atoms with Crippen LogP contribution in [0.25, 0.3) is 0 Å². The molecular formula is C17H20N2O2. The Balaban J connectivity index is 2.08. The van der Waals surface area contributed by atoms with Crippen LogP contribution in [0.1, 0.15) is 27.0 Å². The van der Waals surface area contributed by atoms with Crippen molar-refractivity contribution in [2.75, 3.05) is 7.11 Å². The zero-order valence-corrected chi connectivity index (χ0v) is 12.3. The number of carbonyl (C=O) groups excluding carboxylic acids is 1. The predicted molar refractivity (Wildman–Crippen MR) is 83.2 cm³/mol. The maximum absolute atomic E-state index is 12.2. The van der Waals surface area contributed by atoms with Crippen molar-refractivity contribution in [1.29, 1.82) is 0 Å². The van der Waals surface area contributed by atoms with Crippen molar-refractivity contribution in [1.82, 2.24) is 5.32 Å². The maximum Gasteiger partial charge on any atom is 0.251 e. The molecule has 0 bridgehead atoms. The number of methoxy groups -OCH3 is 1. The van der Waals surface area contributed by atoms with Gasteiger partial charge in [-0.3, -0.25) is 4.79 Å². The molecule has 4 nitrogen and oxygen atoms in total. The average molecular weight is 284 g/mol. The second kappa shape index (κ2) is 6.90. The first-order chi connectivity index (χ1) is 10.2. The summed E-state index contributed by atoms with van der Waals surface area (Å²) in [5, 5.41) is 2.91. The van der Waals surface area contributed by atoms with E-state index in [0.717, 1.165) is 16.7 Å². The van der Waals surface area contributed by atoms with E-state index >= 15 is 0 Å². The first-order valence-corrected chi connectivity index (χ1v) is 6.85. The monoisotopic (exact) mass is 284 g/mol. The molecule has 0 atom stereocenters. The van der Waals surface area contributed by atoms with Gasteiger partial charge < -0.3 is 15.8 Å². The normalized spacial score (nSPS) is 10.2. The van der Waals surface area contributed by atoms with Crippen LogP contribution >= 0.6 is 0 Å². The van der Waals surface area contributed by atoms with Gasteiger partial charge in [-0.05, 0) is 35.7 Å². The van der Waals surface area contributed by atoms with E-state index in [1.807, 2.05) is 37.3 Å². The third-order valence-electron chi connectivity index (χ3n) is 3.45. The Morgan fingerprint density at radius 1 is 1.19 bits per heavy atom. The number of hydrogen-bond donors (Lipinski definition) is 2. The molecule has 0 aromatic heterocycles. The van der Waals surface area contributed by atoms with Gasteiger partial charge in [0.1, 0.15) is 5.75 Å². The van der Waals surface area contributed by atoms with Crippen molar-refractivity contribution in [3.05, 3.63) is 64.7 Å². The van der Waals surface area contributed by atoms with E-state index in [1.165, 1.54) is 0 Å². The average Bonchev–Trinajstić information content (AvgIpc) is 2.53. The molecule has 3 N–H and O–H groups in total. The summed E-state index contributed by atoms with van der Waals surface area (Å²) in [5.41, 5.74) is 9.36. The summed E-state index contributed by atoms with van der Waals surface area (Å²) in [6.07, 6.45) is 0. The molecule has 0 radical (unpaired) electrons. The van der Waals surface area contributed by atoms with Gasteiger partial charge in [0.25, 0.3) is 5.91 Å². The van der Waals surface area contributed by atoms with E-state index in [0.29, 0.717) is 24.4 Å². The summed E-state index contributed by atoms with van der Waals surface area (Å²) in [6, 6.07) is 13.2. The zero-order valence-electron chi connectivity index (χ0n) is 12.3. The summed E-state index contributed by atoms with van der Waals surface area (Å²) in [7, 11) is 1.60. The minimum atomic E-state index is -0.125. The minimum absolute atomic E-state index is 0.125. The molecule has 2 rings (SSSR count). The van der Waals surface area contributed by atoms with E-state index in [2.05, 4.69) is 5.32 Å². The van der Waals surface area contributed by atoms with Gasteiger partial charge in [-0.2, -0.15) is 0 Å². The lowest BCUT2D eigenvalue weighted by molar-refractivity contribution is 0.0950. The topological polar surface area (TPSA) is 64.3 Å². The van der Waals surface area contributed by atoms with E-state index in [-0.39, 0.29) is 5.91 Å². The molecule has 0 aliphatic heterocycles. The molecule has 0 saturated heterocycles. The molecule has 110 valence electrons. The minimum Gasteiger partial charge on any atom is -0.496 e. The number of amides is 1. The lowest BCUT2D eigenvalue weighted by atomic mass is 10.1. The van der Waals surface area contributed by atoms with Crippen molar-refractivity contribution in [2.45, 2.75) is 20.0 Å². The SMILES string of the molecule is COc1cc(C(=O)NCc2ccccc2CN)ccc1C. The third kappa shape index (κ3) is 3.61. The van der Waals surface area contributed by atoms with Crippen LogP contribution < -0.4 is 15.8 Å². The second-order valence-corrected chi connectivity index (χ2v) is 4.84. The van der Waals surface area contributed by atoms with Crippen LogP contribution in [0.5, 0.6) is 5.75 Å². The Morgan fingerprint density at radius 3 is 2.57 bits per heavy atom. The summed E-state index contributed by atoms with van der Waals surface area (Å²) in [4.78, 5) is 12.2. The molecule has 0 saturated carbocycles. The molecule has 0 aliphatic carbocycles. The summed E-state index contributed by atoms with van der Waals surface area (Å²) in [6.45, 7) is 2.87. The lowest BCUT2D eigenvalue weighted by Gasteiger charge is -2.11. The first-order valence-electron chi connectivity index (χ1n) is 6.85. The highest BCUT2D eigenvalue weighted by Crippen LogP contribution is 2.19. The fourth-order valence-electron chi connectivity index (χ4n) is 2.17. The smallest absolute Gasteiger partial charge is 0.251 e. The summed E-state index contributed by atoms with van der Waals surface area (Å²) >= 11 is 0. The van der Waals surface area contributed by atoms with Gasteiger partial charge in [0.2, 0.25) is 0 Å². The number of carbonyl (C=O) groups is 1. The Kier molecular flexibility index (Phi) is 4.95. The van der Waals surface area contributed by atoms with Gasteiger partial charge in [0.15, 0.2) is 0 Å². The molecule has 21 heavy (non-hydrogen) atoms. The lowest BCUT2D eigenvalue weighted by Crippen LogP contribution is -2.23. The second-order valence-electron chi connectivity index (χ2n) is 4.84. The molecule has 1 amide bonds. The van der Waals surface area contributed by atoms with E-state index in [9.17, 15) is 4.79 Å². The van der Waals surface area contributed by atoms with Crippen molar-refractivity contribution >= 4 is 5.91 Å². The number of ether oxygens (including phenoxy) is 1. The highest BCUT2D eigenvalue weighted by molar-refractivity contribution is 5.94. The Labute approximate surface area is 124 Å². The van der Waals surface area contributed by atoms with Crippen LogP contribution in [0.15, 0.2) is 42.5 Å². The van der Waals surface area contributed by atoms with Crippen LogP contribution in [-0.4, -0.2) is 13.0 Å². The number of hydrogen-bond acceptors (Lipinski definition) is 3. The highest BCUT2D eigenvalue weighted by Gasteiger charge is 2.09. The molecular weight excluding hydrogens is 264 g/mol. The van der Waals surface area contributed by atoms with Gasteiger partial charge in [0.05, 0.1) is 7.11 Å². The quantitative estimate of drug-likeness (QED) is 0.886. The van der Waals surface area contributed by atoms with Crippen LogP contribution in [0.4, 0.5) is 0 Å². The Hall–Kier alpha value is -2.33. The van der Waals surface area contributed by atoms with Gasteiger partial charge in [0, 0.05) is 18.7 Å². The first kappa shape index (κ1) is 15.1. The number of rotatable bonds is 5. The number of aryl methyl sites for hydroxylation is 1. The van der Waals surface area contributed by atoms with Crippen LogP contribution in [0.2, 0.25) is 0 Å². The molecule has 0 aliphatic rings. The fourth-order valence-corrected chi connectivity index (χ4v) is 2.17. The molecule has 4 heteroatoms.